The number of benzene rings is 1. The van der Waals surface area contributed by atoms with Crippen molar-refractivity contribution in [3.8, 4) is 0 Å². The predicted molar refractivity (Wildman–Crippen MR) is 73.8 cm³/mol. The van der Waals surface area contributed by atoms with Gasteiger partial charge in [0, 0.05) is 0 Å². The van der Waals surface area contributed by atoms with Gasteiger partial charge in [-0.15, -0.1) is 0 Å². The molecule has 0 saturated heterocycles. The van der Waals surface area contributed by atoms with E-state index in [-0.39, 0.29) is 5.69 Å². The third kappa shape index (κ3) is 4.16. The van der Waals surface area contributed by atoms with E-state index in [1.807, 2.05) is 0 Å². The quantitative estimate of drug-likeness (QED) is 0.380. The van der Waals surface area contributed by atoms with Gasteiger partial charge in [0.2, 0.25) is 0 Å². The van der Waals surface area contributed by atoms with Crippen LogP contribution in [0, 0.1) is 15.9 Å². The Balaban J connectivity index is 3.32. The van der Waals surface area contributed by atoms with Crippen molar-refractivity contribution in [2.75, 3.05) is 19.5 Å². The normalized spacial score (nSPS) is 10.8. The van der Waals surface area contributed by atoms with Crippen molar-refractivity contribution in [3.05, 3.63) is 44.9 Å². The van der Waals surface area contributed by atoms with Crippen molar-refractivity contribution in [1.29, 1.82) is 0 Å². The predicted octanol–water partition coefficient (Wildman–Crippen LogP) is 2.03. The Kier molecular flexibility index (Phi) is 5.81. The van der Waals surface area contributed by atoms with E-state index in [0.29, 0.717) is 6.07 Å². The maximum absolute atomic E-state index is 13.3. The number of carbonyl (C=O) groups is 2. The van der Waals surface area contributed by atoms with Crippen LogP contribution in [-0.4, -0.2) is 31.1 Å². The van der Waals surface area contributed by atoms with E-state index in [2.05, 4.69) is 14.8 Å². The van der Waals surface area contributed by atoms with Crippen LogP contribution < -0.4 is 5.32 Å². The molecule has 22 heavy (non-hydrogen) atoms. The fourth-order valence-corrected chi connectivity index (χ4v) is 1.53. The summed E-state index contributed by atoms with van der Waals surface area (Å²) in [6.07, 6.45) is 0.729. The average Bonchev–Trinajstić information content (AvgIpc) is 2.48. The van der Waals surface area contributed by atoms with E-state index >= 15 is 0 Å². The van der Waals surface area contributed by atoms with Gasteiger partial charge in [0.05, 0.1) is 36.3 Å². The van der Waals surface area contributed by atoms with Gasteiger partial charge in [-0.3, -0.25) is 10.1 Å². The van der Waals surface area contributed by atoms with Gasteiger partial charge in [-0.2, -0.15) is 0 Å². The summed E-state index contributed by atoms with van der Waals surface area (Å²) in [5, 5.41) is 12.8. The number of anilines is 1. The third-order valence-electron chi connectivity index (χ3n) is 2.37. The Morgan fingerprint density at radius 2 is 2.00 bits per heavy atom. The Bertz CT molecular complexity index is 661. The van der Waals surface area contributed by atoms with Crippen molar-refractivity contribution in [2.45, 2.75) is 0 Å². The van der Waals surface area contributed by atoms with E-state index in [4.69, 9.17) is 11.6 Å². The van der Waals surface area contributed by atoms with E-state index < -0.39 is 39.1 Å². The van der Waals surface area contributed by atoms with Crippen molar-refractivity contribution in [2.24, 2.45) is 0 Å². The van der Waals surface area contributed by atoms with Crippen LogP contribution in [0.5, 0.6) is 0 Å². The summed E-state index contributed by atoms with van der Waals surface area (Å²) < 4.78 is 22.1. The number of nitrogens with one attached hydrogen (secondary N) is 1. The van der Waals surface area contributed by atoms with E-state index in [1.54, 1.807) is 0 Å². The molecule has 0 spiro atoms. The summed E-state index contributed by atoms with van der Waals surface area (Å²) in [4.78, 5) is 32.8. The van der Waals surface area contributed by atoms with Gasteiger partial charge in [0.1, 0.15) is 17.2 Å². The summed E-state index contributed by atoms with van der Waals surface area (Å²) >= 11 is 5.56. The molecule has 1 N–H and O–H groups in total. The molecule has 118 valence electrons. The topological polar surface area (TPSA) is 108 Å². The number of esters is 2. The van der Waals surface area contributed by atoms with Crippen LogP contribution in [0.3, 0.4) is 0 Å². The lowest BCUT2D eigenvalue weighted by atomic mass is 10.2. The number of hydrogen-bond donors (Lipinski definition) is 1. The molecule has 0 bridgehead atoms. The lowest BCUT2D eigenvalue weighted by Crippen LogP contribution is -2.16. The average molecular weight is 333 g/mol. The number of nitro benzene ring substituents is 1. The first-order chi connectivity index (χ1) is 10.3. The van der Waals surface area contributed by atoms with Crippen LogP contribution in [0.4, 0.5) is 15.8 Å². The molecule has 0 unspecified atom stereocenters. The van der Waals surface area contributed by atoms with Gasteiger partial charge in [0.25, 0.3) is 5.69 Å². The fraction of sp³-hybridized carbons (Fsp3) is 0.167. The molecule has 0 fully saturated rings. The largest absolute Gasteiger partial charge is 0.466 e. The molecule has 0 aliphatic carbocycles. The Hall–Kier alpha value is -2.68. The van der Waals surface area contributed by atoms with E-state index in [0.717, 1.165) is 26.4 Å². The highest BCUT2D eigenvalue weighted by molar-refractivity contribution is 6.31. The molecular weight excluding hydrogens is 323 g/mol. The first kappa shape index (κ1) is 17.4. The summed E-state index contributed by atoms with van der Waals surface area (Å²) in [6.45, 7) is 0. The molecule has 0 heterocycles. The molecule has 1 aromatic carbocycles. The van der Waals surface area contributed by atoms with Gasteiger partial charge in [-0.1, -0.05) is 11.6 Å². The summed E-state index contributed by atoms with van der Waals surface area (Å²) in [5.74, 6) is -2.89. The number of ether oxygens (including phenoxy) is 2. The van der Waals surface area contributed by atoms with Crippen LogP contribution in [0.25, 0.3) is 0 Å². The van der Waals surface area contributed by atoms with Crippen LogP contribution in [0.2, 0.25) is 5.02 Å². The Labute approximate surface area is 128 Å². The van der Waals surface area contributed by atoms with Crippen molar-refractivity contribution in [1.82, 2.24) is 0 Å². The number of methoxy groups -OCH3 is 2. The van der Waals surface area contributed by atoms with Gasteiger partial charge in [-0.25, -0.2) is 14.0 Å². The molecule has 1 rings (SSSR count). The highest BCUT2D eigenvalue weighted by Gasteiger charge is 2.21. The number of carbonyl (C=O) groups excluding carboxylic acids is 2. The Morgan fingerprint density at radius 3 is 2.50 bits per heavy atom. The van der Waals surface area contributed by atoms with Crippen LogP contribution in [0.1, 0.15) is 0 Å². The van der Waals surface area contributed by atoms with Gasteiger partial charge >= 0.3 is 11.9 Å². The van der Waals surface area contributed by atoms with Gasteiger partial charge in [0.15, 0.2) is 0 Å². The zero-order valence-corrected chi connectivity index (χ0v) is 12.1. The van der Waals surface area contributed by atoms with Gasteiger partial charge < -0.3 is 14.8 Å². The number of hydrogen-bond acceptors (Lipinski definition) is 7. The van der Waals surface area contributed by atoms with Crippen LogP contribution in [0.15, 0.2) is 23.9 Å². The van der Waals surface area contributed by atoms with E-state index in [1.165, 1.54) is 0 Å². The zero-order valence-electron chi connectivity index (χ0n) is 11.4. The smallest absolute Gasteiger partial charge is 0.354 e. The fourth-order valence-electron chi connectivity index (χ4n) is 1.37. The maximum Gasteiger partial charge on any atom is 0.354 e. The molecule has 0 aliphatic rings. The molecule has 0 radical (unpaired) electrons. The number of rotatable bonds is 5. The van der Waals surface area contributed by atoms with Crippen molar-refractivity contribution >= 4 is 34.9 Å². The highest BCUT2D eigenvalue weighted by Crippen LogP contribution is 2.31. The van der Waals surface area contributed by atoms with Crippen molar-refractivity contribution in [3.63, 3.8) is 0 Å². The minimum atomic E-state index is -1.00. The molecule has 0 atom stereocenters. The second kappa shape index (κ2) is 7.36. The monoisotopic (exact) mass is 332 g/mol. The second-order valence-corrected chi connectivity index (χ2v) is 4.15. The Morgan fingerprint density at radius 1 is 1.36 bits per heavy atom. The highest BCUT2D eigenvalue weighted by atomic mass is 35.5. The van der Waals surface area contributed by atoms with Crippen LogP contribution in [-0.2, 0) is 19.1 Å². The second-order valence-electron chi connectivity index (χ2n) is 3.74. The molecule has 0 amide bonds. The zero-order chi connectivity index (χ0) is 16.9. The minimum absolute atomic E-state index is 0.294. The summed E-state index contributed by atoms with van der Waals surface area (Å²) in [6, 6.07) is 1.49. The third-order valence-corrected chi connectivity index (χ3v) is 2.66. The maximum atomic E-state index is 13.3. The lowest BCUT2D eigenvalue weighted by Gasteiger charge is -2.10. The molecule has 0 aromatic heterocycles. The first-order valence-electron chi connectivity index (χ1n) is 5.58. The van der Waals surface area contributed by atoms with Crippen molar-refractivity contribution < 1.29 is 28.4 Å². The molecule has 0 aliphatic heterocycles. The minimum Gasteiger partial charge on any atom is -0.466 e. The molecule has 10 heteroatoms. The van der Waals surface area contributed by atoms with Gasteiger partial charge in [-0.05, 0) is 6.07 Å². The molecule has 8 nitrogen and oxygen atoms in total. The summed E-state index contributed by atoms with van der Waals surface area (Å²) in [5.41, 5.74) is -1.42. The van der Waals surface area contributed by atoms with Crippen LogP contribution >= 0.6 is 11.6 Å². The lowest BCUT2D eigenvalue weighted by molar-refractivity contribution is -0.384. The SMILES string of the molecule is COC(=O)/C=C(/Nc1cc(Cl)c(F)cc1[N+](=O)[O-])C(=O)OC. The first-order valence-corrected chi connectivity index (χ1v) is 5.96. The van der Waals surface area contributed by atoms with E-state index in [9.17, 15) is 24.1 Å². The molecule has 0 saturated carbocycles. The number of nitro groups is 1. The molecule has 1 aromatic rings. The summed E-state index contributed by atoms with van der Waals surface area (Å²) in [7, 11) is 2.12. The molecular formula is C12H10ClFN2O6. The number of halogens is 2. The number of nitrogens with zero attached hydrogens (tertiary/aromatic N) is 1. The standard InChI is InChI=1S/C12H10ClFN2O6/c1-21-11(17)5-9(12(18)22-2)15-8-3-6(13)7(14)4-10(8)16(19)20/h3-5,15H,1-2H3/b9-5+.